The third kappa shape index (κ3) is 2.44. The highest BCUT2D eigenvalue weighted by Crippen LogP contribution is 2.41. The predicted octanol–water partition coefficient (Wildman–Crippen LogP) is 4.21. The van der Waals surface area contributed by atoms with E-state index >= 15 is 0 Å². The molecular formula is C23H20N2O. The third-order valence-corrected chi connectivity index (χ3v) is 5.40. The first-order chi connectivity index (χ1) is 12.8. The van der Waals surface area contributed by atoms with E-state index in [0.717, 1.165) is 24.2 Å². The van der Waals surface area contributed by atoms with E-state index in [1.807, 2.05) is 29.2 Å². The first-order valence-electron chi connectivity index (χ1n) is 9.05. The fraction of sp³-hybridized carbons (Fsp3) is 0.174. The van der Waals surface area contributed by atoms with Gasteiger partial charge in [-0.05, 0) is 28.3 Å². The van der Waals surface area contributed by atoms with Crippen LogP contribution in [-0.2, 0) is 13.1 Å². The molecule has 3 aromatic carbocycles. The molecule has 2 heterocycles. The minimum Gasteiger partial charge on any atom is -0.314 e. The zero-order valence-electron chi connectivity index (χ0n) is 14.5. The van der Waals surface area contributed by atoms with E-state index in [2.05, 4.69) is 59.5 Å². The van der Waals surface area contributed by atoms with Crippen molar-refractivity contribution in [2.45, 2.75) is 19.1 Å². The molecule has 5 rings (SSSR count). The number of amides is 1. The van der Waals surface area contributed by atoms with Crippen LogP contribution in [0.25, 0.3) is 0 Å². The Morgan fingerprint density at radius 2 is 1.50 bits per heavy atom. The molecule has 26 heavy (non-hydrogen) atoms. The number of benzene rings is 3. The Balaban J connectivity index is 1.58. The molecule has 1 unspecified atom stereocenters. The molecule has 2 aliphatic heterocycles. The molecule has 1 atom stereocenters. The smallest absolute Gasteiger partial charge is 0.256 e. The Morgan fingerprint density at radius 1 is 0.808 bits per heavy atom. The van der Waals surface area contributed by atoms with Gasteiger partial charge in [-0.25, -0.2) is 0 Å². The second kappa shape index (κ2) is 6.11. The van der Waals surface area contributed by atoms with Gasteiger partial charge in [-0.2, -0.15) is 0 Å². The van der Waals surface area contributed by atoms with Gasteiger partial charge in [0.05, 0.1) is 12.7 Å². The number of carbonyl (C=O) groups is 1. The maximum atomic E-state index is 13.1. The Labute approximate surface area is 153 Å². The number of rotatable bonds is 2. The van der Waals surface area contributed by atoms with Gasteiger partial charge in [0.25, 0.3) is 5.91 Å². The molecule has 0 fully saturated rings. The summed E-state index contributed by atoms with van der Waals surface area (Å²) in [5, 5.41) is 0. The molecule has 128 valence electrons. The summed E-state index contributed by atoms with van der Waals surface area (Å²) < 4.78 is 0. The lowest BCUT2D eigenvalue weighted by Gasteiger charge is -2.28. The summed E-state index contributed by atoms with van der Waals surface area (Å²) in [5.74, 6) is 0.139. The van der Waals surface area contributed by atoms with Crippen LogP contribution in [0.2, 0.25) is 0 Å². The summed E-state index contributed by atoms with van der Waals surface area (Å²) in [5.41, 5.74) is 5.80. The van der Waals surface area contributed by atoms with Gasteiger partial charge in [0.15, 0.2) is 0 Å². The van der Waals surface area contributed by atoms with Crippen molar-refractivity contribution >= 4 is 5.91 Å². The van der Waals surface area contributed by atoms with E-state index in [1.165, 1.54) is 16.7 Å². The van der Waals surface area contributed by atoms with Gasteiger partial charge in [0, 0.05) is 18.7 Å². The lowest BCUT2D eigenvalue weighted by Crippen LogP contribution is -2.37. The number of hydrogen-bond donors (Lipinski definition) is 0. The van der Waals surface area contributed by atoms with Crippen molar-refractivity contribution in [2.75, 3.05) is 6.67 Å². The topological polar surface area (TPSA) is 23.6 Å². The van der Waals surface area contributed by atoms with Crippen molar-refractivity contribution in [3.05, 3.63) is 107 Å². The summed E-state index contributed by atoms with van der Waals surface area (Å²) in [6, 6.07) is 27.1. The van der Waals surface area contributed by atoms with Crippen LogP contribution in [0.5, 0.6) is 0 Å². The van der Waals surface area contributed by atoms with Crippen molar-refractivity contribution in [2.24, 2.45) is 0 Å². The van der Waals surface area contributed by atoms with Crippen LogP contribution in [0.1, 0.15) is 38.7 Å². The summed E-state index contributed by atoms with van der Waals surface area (Å²) >= 11 is 0. The molecule has 0 saturated heterocycles. The maximum absolute atomic E-state index is 13.1. The van der Waals surface area contributed by atoms with E-state index < -0.39 is 0 Å². The monoisotopic (exact) mass is 340 g/mol. The number of nitrogens with zero attached hydrogens (tertiary/aromatic N) is 2. The minimum atomic E-state index is 0.0238. The van der Waals surface area contributed by atoms with Crippen molar-refractivity contribution in [3.63, 3.8) is 0 Å². The minimum absolute atomic E-state index is 0.0238. The van der Waals surface area contributed by atoms with Gasteiger partial charge >= 0.3 is 0 Å². The van der Waals surface area contributed by atoms with Crippen LogP contribution in [0.3, 0.4) is 0 Å². The van der Waals surface area contributed by atoms with Crippen molar-refractivity contribution in [1.29, 1.82) is 0 Å². The molecule has 3 nitrogen and oxygen atoms in total. The highest BCUT2D eigenvalue weighted by atomic mass is 16.2. The summed E-state index contributed by atoms with van der Waals surface area (Å²) in [7, 11) is 0. The normalized spacial score (nSPS) is 18.8. The van der Waals surface area contributed by atoms with Crippen molar-refractivity contribution < 1.29 is 4.79 Å². The van der Waals surface area contributed by atoms with E-state index in [-0.39, 0.29) is 11.9 Å². The number of carbonyl (C=O) groups excluding carboxylic acids is 1. The average molecular weight is 340 g/mol. The fourth-order valence-electron chi connectivity index (χ4n) is 4.25. The molecule has 0 saturated carbocycles. The van der Waals surface area contributed by atoms with Gasteiger partial charge in [-0.15, -0.1) is 0 Å². The molecule has 0 bridgehead atoms. The Morgan fingerprint density at radius 3 is 2.35 bits per heavy atom. The van der Waals surface area contributed by atoms with E-state index in [4.69, 9.17) is 0 Å². The summed E-state index contributed by atoms with van der Waals surface area (Å²) in [6.45, 7) is 2.33. The van der Waals surface area contributed by atoms with Gasteiger partial charge in [0.1, 0.15) is 0 Å². The van der Waals surface area contributed by atoms with Gasteiger partial charge in [0.2, 0.25) is 0 Å². The third-order valence-electron chi connectivity index (χ3n) is 5.40. The maximum Gasteiger partial charge on any atom is 0.256 e. The largest absolute Gasteiger partial charge is 0.314 e. The van der Waals surface area contributed by atoms with E-state index in [0.29, 0.717) is 6.67 Å². The van der Waals surface area contributed by atoms with Crippen LogP contribution >= 0.6 is 0 Å². The van der Waals surface area contributed by atoms with Crippen molar-refractivity contribution in [1.82, 2.24) is 9.80 Å². The first kappa shape index (κ1) is 15.4. The molecular weight excluding hydrogens is 320 g/mol. The number of hydrogen-bond acceptors (Lipinski definition) is 2. The van der Waals surface area contributed by atoms with Crippen LogP contribution < -0.4 is 0 Å². The molecule has 0 aliphatic carbocycles. The van der Waals surface area contributed by atoms with Crippen LogP contribution in [-0.4, -0.2) is 22.4 Å². The zero-order chi connectivity index (χ0) is 17.5. The lowest BCUT2D eigenvalue weighted by molar-refractivity contribution is 0.0601. The summed E-state index contributed by atoms with van der Waals surface area (Å²) in [6.07, 6.45) is 0. The first-order valence-corrected chi connectivity index (χ1v) is 9.05. The summed E-state index contributed by atoms with van der Waals surface area (Å²) in [4.78, 5) is 17.5. The fourth-order valence-corrected chi connectivity index (χ4v) is 4.25. The lowest BCUT2D eigenvalue weighted by atomic mass is 9.94. The number of fused-ring (bicyclic) bond motifs is 5. The second-order valence-corrected chi connectivity index (χ2v) is 7.08. The average Bonchev–Trinajstić information content (AvgIpc) is 2.85. The second-order valence-electron chi connectivity index (χ2n) is 7.08. The van der Waals surface area contributed by atoms with E-state index in [9.17, 15) is 4.79 Å². The quantitative estimate of drug-likeness (QED) is 0.698. The SMILES string of the molecule is O=C1c2ccccc2C2c3ccccc3CN(Cc3ccccc3)CN12. The molecule has 0 radical (unpaired) electrons. The van der Waals surface area contributed by atoms with Gasteiger partial charge in [-0.3, -0.25) is 9.69 Å². The molecule has 0 spiro atoms. The standard InChI is InChI=1S/C23H20N2O/c26-23-21-13-7-6-12-20(21)22-19-11-5-4-10-18(19)15-24(16-25(22)23)14-17-8-2-1-3-9-17/h1-13,22H,14-16H2. The Hall–Kier alpha value is -2.91. The van der Waals surface area contributed by atoms with Gasteiger partial charge < -0.3 is 4.90 Å². The molecule has 3 aromatic rings. The molecule has 1 amide bonds. The van der Waals surface area contributed by atoms with Crippen LogP contribution in [0.4, 0.5) is 0 Å². The zero-order valence-corrected chi connectivity index (χ0v) is 14.5. The molecule has 2 aliphatic rings. The van der Waals surface area contributed by atoms with Crippen LogP contribution in [0.15, 0.2) is 78.9 Å². The highest BCUT2D eigenvalue weighted by molar-refractivity contribution is 5.99. The Kier molecular flexibility index (Phi) is 3.61. The predicted molar refractivity (Wildman–Crippen MR) is 101 cm³/mol. The van der Waals surface area contributed by atoms with Crippen molar-refractivity contribution in [3.8, 4) is 0 Å². The molecule has 3 heteroatoms. The van der Waals surface area contributed by atoms with E-state index in [1.54, 1.807) is 0 Å². The molecule has 0 N–H and O–H groups in total. The molecule has 0 aromatic heterocycles. The Bertz CT molecular complexity index is 967. The van der Waals surface area contributed by atoms with Crippen LogP contribution in [0, 0.1) is 0 Å². The highest BCUT2D eigenvalue weighted by Gasteiger charge is 2.40. The van der Waals surface area contributed by atoms with Gasteiger partial charge in [-0.1, -0.05) is 72.8 Å².